The Kier molecular flexibility index (Phi) is 20.3. The fourth-order valence-corrected chi connectivity index (χ4v) is 2.23. The molecule has 1 aromatic carbocycles. The maximum absolute atomic E-state index is 11.5. The van der Waals surface area contributed by atoms with Crippen molar-refractivity contribution in [3.8, 4) is 0 Å². The fourth-order valence-electron chi connectivity index (χ4n) is 2.23. The molecule has 1 heterocycles. The average molecular weight is 386 g/mol. The van der Waals surface area contributed by atoms with E-state index >= 15 is 0 Å². The van der Waals surface area contributed by atoms with Crippen molar-refractivity contribution in [3.63, 3.8) is 0 Å². The Balaban J connectivity index is -0.000000125. The first-order valence-electron chi connectivity index (χ1n) is 7.08. The van der Waals surface area contributed by atoms with E-state index in [9.17, 15) is 5.21 Å². The van der Waals surface area contributed by atoms with Gasteiger partial charge in [-0.3, -0.25) is 0 Å². The molecule has 22 heavy (non-hydrogen) atoms. The van der Waals surface area contributed by atoms with Crippen LogP contribution in [0.15, 0.2) is 30.3 Å². The molecule has 2 nitrogen and oxygen atoms in total. The second-order valence-corrected chi connectivity index (χ2v) is 5.77. The van der Waals surface area contributed by atoms with Crippen LogP contribution in [0.3, 0.4) is 0 Å². The van der Waals surface area contributed by atoms with Crippen LogP contribution in [-0.4, -0.2) is 23.8 Å². The minimum absolute atomic E-state index is 0. The molecule has 0 bridgehead atoms. The number of nitrogens with zero attached hydrogens (tertiary/aromatic N) is 1. The fraction of sp³-hybridized carbons (Fsp3) is 0.684. The molecule has 1 aliphatic rings. The Hall–Kier alpha value is 0.244. The summed E-state index contributed by atoms with van der Waals surface area (Å²) in [5, 5.41) is 11.5. The number of hydrogen-bond donors (Lipinski definition) is 0. The molecule has 0 aromatic heterocycles. The molecule has 0 N–H and O–H groups in total. The maximum Gasteiger partial charge on any atom is 0.0830 e. The standard InChI is InChI=1S/C9H12.C7H15NO.3CH4.Y/c1-8(2)9-6-4-3-5-7-9;1-7(2)8(9)5-3-4-6-8;;;;/h3-8H,1-2H3;7H,3-6H2,1-2H3;3*1H4;. The molecule has 1 aromatic rings. The van der Waals surface area contributed by atoms with Crippen molar-refractivity contribution in [2.75, 3.05) is 13.1 Å². The van der Waals surface area contributed by atoms with Gasteiger partial charge in [0.2, 0.25) is 0 Å². The van der Waals surface area contributed by atoms with Crippen LogP contribution < -0.4 is 0 Å². The number of hydroxylamine groups is 3. The Morgan fingerprint density at radius 3 is 1.50 bits per heavy atom. The van der Waals surface area contributed by atoms with Crippen LogP contribution in [0.5, 0.6) is 0 Å². The van der Waals surface area contributed by atoms with Gasteiger partial charge < -0.3 is 9.85 Å². The molecule has 129 valence electrons. The van der Waals surface area contributed by atoms with Crippen LogP contribution in [0.1, 0.15) is 74.3 Å². The molecule has 0 unspecified atom stereocenters. The Morgan fingerprint density at radius 2 is 1.27 bits per heavy atom. The van der Waals surface area contributed by atoms with Crippen LogP contribution in [0.2, 0.25) is 0 Å². The van der Waals surface area contributed by atoms with Gasteiger partial charge in [-0.1, -0.05) is 66.5 Å². The average Bonchev–Trinajstić information content (AvgIpc) is 2.80. The van der Waals surface area contributed by atoms with E-state index in [0.29, 0.717) is 5.92 Å². The van der Waals surface area contributed by atoms with E-state index < -0.39 is 0 Å². The van der Waals surface area contributed by atoms with Gasteiger partial charge in [-0.15, -0.1) is 0 Å². The molecule has 1 fully saturated rings. The molecule has 1 saturated heterocycles. The molecule has 0 atom stereocenters. The van der Waals surface area contributed by atoms with Gasteiger partial charge in [-0.05, 0) is 25.3 Å². The second kappa shape index (κ2) is 14.8. The van der Waals surface area contributed by atoms with E-state index in [1.54, 1.807) is 0 Å². The predicted molar refractivity (Wildman–Crippen MR) is 98.5 cm³/mol. The number of rotatable bonds is 2. The third-order valence-corrected chi connectivity index (χ3v) is 3.73. The topological polar surface area (TPSA) is 23.1 Å². The largest absolute Gasteiger partial charge is 0.633 e. The van der Waals surface area contributed by atoms with Crippen molar-refractivity contribution in [3.05, 3.63) is 41.1 Å². The molecule has 0 spiro atoms. The van der Waals surface area contributed by atoms with E-state index in [1.807, 2.05) is 19.9 Å². The summed E-state index contributed by atoms with van der Waals surface area (Å²) in [6, 6.07) is 10.8. The van der Waals surface area contributed by atoms with Crippen molar-refractivity contribution in [2.45, 2.75) is 74.8 Å². The van der Waals surface area contributed by atoms with Crippen molar-refractivity contribution >= 4 is 0 Å². The summed E-state index contributed by atoms with van der Waals surface area (Å²) < 4.78 is 0.0556. The maximum atomic E-state index is 11.5. The van der Waals surface area contributed by atoms with Gasteiger partial charge in [0.25, 0.3) is 0 Å². The van der Waals surface area contributed by atoms with Crippen molar-refractivity contribution in [1.82, 2.24) is 0 Å². The van der Waals surface area contributed by atoms with Gasteiger partial charge in [-0.25, -0.2) is 0 Å². The SMILES string of the molecule is C.C.C.CC(C)[N+]1([O-])CCCC1.CC(C)c1ccccc1.[Y]. The molecule has 0 amide bonds. The molecule has 1 aliphatic heterocycles. The zero-order chi connectivity index (χ0) is 13.6. The number of quaternary nitrogens is 1. The molecular weight excluding hydrogens is 347 g/mol. The van der Waals surface area contributed by atoms with Crippen LogP contribution in [0.25, 0.3) is 0 Å². The van der Waals surface area contributed by atoms with Crippen molar-refractivity contribution in [2.24, 2.45) is 0 Å². The minimum Gasteiger partial charge on any atom is -0.633 e. The van der Waals surface area contributed by atoms with Crippen LogP contribution >= 0.6 is 0 Å². The van der Waals surface area contributed by atoms with Gasteiger partial charge in [0.15, 0.2) is 0 Å². The van der Waals surface area contributed by atoms with E-state index in [4.69, 9.17) is 0 Å². The monoisotopic (exact) mass is 386 g/mol. The first-order chi connectivity index (χ1) is 8.46. The summed E-state index contributed by atoms with van der Waals surface area (Å²) in [6.07, 6.45) is 2.25. The predicted octanol–water partition coefficient (Wildman–Crippen LogP) is 6.22. The second-order valence-electron chi connectivity index (χ2n) is 5.77. The summed E-state index contributed by atoms with van der Waals surface area (Å²) in [6.45, 7) is 10.1. The van der Waals surface area contributed by atoms with Crippen LogP contribution in [0, 0.1) is 5.21 Å². The first-order valence-corrected chi connectivity index (χ1v) is 7.08. The van der Waals surface area contributed by atoms with E-state index in [2.05, 4.69) is 38.1 Å². The van der Waals surface area contributed by atoms with Crippen LogP contribution in [0.4, 0.5) is 0 Å². The summed E-state index contributed by atoms with van der Waals surface area (Å²) in [5.41, 5.74) is 1.41. The summed E-state index contributed by atoms with van der Waals surface area (Å²) in [4.78, 5) is 0. The normalized spacial score (nSPS) is 14.5. The molecule has 2 rings (SSSR count). The Bertz CT molecular complexity index is 333. The number of likely N-dealkylation sites (tertiary alicyclic amines) is 1. The zero-order valence-corrected chi connectivity index (χ0v) is 15.6. The smallest absolute Gasteiger partial charge is 0.0830 e. The Labute approximate surface area is 165 Å². The van der Waals surface area contributed by atoms with E-state index in [-0.39, 0.29) is 65.7 Å². The van der Waals surface area contributed by atoms with E-state index in [1.165, 1.54) is 5.56 Å². The third-order valence-electron chi connectivity index (χ3n) is 3.73. The van der Waals surface area contributed by atoms with Crippen LogP contribution in [-0.2, 0) is 32.7 Å². The van der Waals surface area contributed by atoms with Gasteiger partial charge in [-0.2, -0.15) is 0 Å². The zero-order valence-electron chi connectivity index (χ0n) is 12.8. The number of hydrogen-bond acceptors (Lipinski definition) is 1. The molecule has 3 heteroatoms. The van der Waals surface area contributed by atoms with Gasteiger partial charge >= 0.3 is 0 Å². The minimum atomic E-state index is 0. The van der Waals surface area contributed by atoms with Gasteiger partial charge in [0.05, 0.1) is 19.1 Å². The summed E-state index contributed by atoms with van der Waals surface area (Å²) in [7, 11) is 0. The van der Waals surface area contributed by atoms with Crippen molar-refractivity contribution in [1.29, 1.82) is 0 Å². The van der Waals surface area contributed by atoms with E-state index in [0.717, 1.165) is 25.9 Å². The quantitative estimate of drug-likeness (QED) is 0.437. The van der Waals surface area contributed by atoms with Gasteiger partial charge in [0.1, 0.15) is 0 Å². The molecular formula is C19H39NOY. The summed E-state index contributed by atoms with van der Waals surface area (Å²) in [5.74, 6) is 0.659. The van der Waals surface area contributed by atoms with Gasteiger partial charge in [0, 0.05) is 45.6 Å². The molecule has 1 radical (unpaired) electrons. The summed E-state index contributed by atoms with van der Waals surface area (Å²) >= 11 is 0. The third kappa shape index (κ3) is 10.1. The Morgan fingerprint density at radius 1 is 0.864 bits per heavy atom. The van der Waals surface area contributed by atoms with Crippen molar-refractivity contribution < 1.29 is 37.4 Å². The molecule has 0 aliphatic carbocycles. The first kappa shape index (κ1) is 30.2. The molecule has 0 saturated carbocycles. The number of benzene rings is 1.